The maximum Gasteiger partial charge on any atom is 0.309 e. The molecule has 1 unspecified atom stereocenters. The van der Waals surface area contributed by atoms with Crippen LogP contribution in [-0.2, 0) is 29.4 Å². The van der Waals surface area contributed by atoms with Crippen molar-refractivity contribution < 1.29 is 41.5 Å². The number of nitro benzene ring substituents is 1. The third-order valence-electron chi connectivity index (χ3n) is 4.66. The van der Waals surface area contributed by atoms with Gasteiger partial charge in [-0.05, 0) is 12.5 Å². The zero-order valence-electron chi connectivity index (χ0n) is 16.4. The Morgan fingerprint density at radius 1 is 1.35 bits per heavy atom. The number of aliphatic carboxylic acids is 1. The number of rotatable bonds is 10. The van der Waals surface area contributed by atoms with E-state index in [2.05, 4.69) is 5.32 Å². The zero-order valence-corrected chi connectivity index (χ0v) is 18.1. The van der Waals surface area contributed by atoms with E-state index in [9.17, 15) is 42.0 Å². The summed E-state index contributed by atoms with van der Waals surface area (Å²) in [5.74, 6) is -2.98. The largest absolute Gasteiger partial charge is 0.481 e. The first kappa shape index (κ1) is 25.1. The minimum atomic E-state index is -4.35. The molecule has 1 saturated heterocycles. The van der Waals surface area contributed by atoms with Gasteiger partial charge in [-0.15, -0.1) is 0 Å². The van der Waals surface area contributed by atoms with Crippen LogP contribution in [-0.4, -0.2) is 86.4 Å². The molecule has 31 heavy (non-hydrogen) atoms. The summed E-state index contributed by atoms with van der Waals surface area (Å²) in [5.41, 5.74) is -0.621. The van der Waals surface area contributed by atoms with Gasteiger partial charge in [0.05, 0.1) is 23.2 Å². The molecule has 0 bridgehead atoms. The summed E-state index contributed by atoms with van der Waals surface area (Å²) in [4.78, 5) is 21.5. The number of benzene rings is 1. The van der Waals surface area contributed by atoms with E-state index in [1.807, 2.05) is 0 Å². The summed E-state index contributed by atoms with van der Waals surface area (Å²) in [6, 6.07) is 3.88. The number of carbonyl (C=O) groups is 1. The molecule has 1 fully saturated rings. The monoisotopic (exact) mass is 481 g/mol. The van der Waals surface area contributed by atoms with E-state index in [1.165, 1.54) is 12.1 Å². The van der Waals surface area contributed by atoms with Crippen LogP contribution in [0, 0.1) is 16.0 Å². The van der Waals surface area contributed by atoms with Gasteiger partial charge in [0.15, 0.2) is 4.90 Å². The molecular formula is C16H23N3O10S2. The smallest absolute Gasteiger partial charge is 0.309 e. The van der Waals surface area contributed by atoms with Crippen LogP contribution in [0.2, 0.25) is 0 Å². The molecule has 174 valence electrons. The molecule has 3 atom stereocenters. The molecule has 0 radical (unpaired) electrons. The first-order chi connectivity index (χ1) is 14.3. The molecule has 15 heteroatoms. The van der Waals surface area contributed by atoms with Gasteiger partial charge in [-0.25, -0.2) is 16.8 Å². The van der Waals surface area contributed by atoms with Crippen molar-refractivity contribution in [2.75, 3.05) is 31.7 Å². The molecule has 3 N–H and O–H groups in total. The van der Waals surface area contributed by atoms with Gasteiger partial charge in [0.2, 0.25) is 16.4 Å². The number of aliphatic hydroxyl groups excluding tert-OH is 1. The standard InChI is InChI=1S/C16H23N3O10S2/c1-30(25,26)9-8-29-16(22)17-12-6-7-18(10-11(12)15(20)21)31(27,28)14-5-3-2-4-13(14)19(23)24/h2-5,11-12,16-17,22H,6-10H2,1H3,(H,20,21)/t11-,12-,16?/m0/s1. The van der Waals surface area contributed by atoms with E-state index in [0.29, 0.717) is 0 Å². The Bertz CT molecular complexity index is 1030. The molecule has 0 amide bonds. The Balaban J connectivity index is 2.13. The number of sulfone groups is 1. The van der Waals surface area contributed by atoms with E-state index in [1.54, 1.807) is 0 Å². The van der Waals surface area contributed by atoms with E-state index in [4.69, 9.17) is 4.74 Å². The molecule has 2 rings (SSSR count). The average molecular weight is 482 g/mol. The second-order valence-electron chi connectivity index (χ2n) is 6.95. The Morgan fingerprint density at radius 3 is 2.58 bits per heavy atom. The SMILES string of the molecule is CS(=O)(=O)CCOC(O)N[C@H]1CCN(S(=O)(=O)c2ccccc2[N+](=O)[O-])C[C@@H]1C(=O)O. The highest BCUT2D eigenvalue weighted by Gasteiger charge is 2.41. The lowest BCUT2D eigenvalue weighted by molar-refractivity contribution is -0.387. The third kappa shape index (κ3) is 6.65. The van der Waals surface area contributed by atoms with Crippen molar-refractivity contribution in [3.8, 4) is 0 Å². The molecule has 1 aliphatic rings. The van der Waals surface area contributed by atoms with Crippen molar-refractivity contribution >= 4 is 31.5 Å². The summed E-state index contributed by atoms with van der Waals surface area (Å²) in [6.45, 7) is -0.973. The molecule has 1 aromatic rings. The number of hydrogen-bond acceptors (Lipinski definition) is 10. The maximum atomic E-state index is 12.9. The van der Waals surface area contributed by atoms with Crippen LogP contribution in [0.3, 0.4) is 0 Å². The van der Waals surface area contributed by atoms with E-state index < -0.39 is 66.3 Å². The number of piperidine rings is 1. The van der Waals surface area contributed by atoms with Crippen molar-refractivity contribution in [1.82, 2.24) is 9.62 Å². The van der Waals surface area contributed by atoms with Crippen molar-refractivity contribution in [3.63, 3.8) is 0 Å². The summed E-state index contributed by atoms with van der Waals surface area (Å²) in [7, 11) is -7.66. The number of nitro groups is 1. The van der Waals surface area contributed by atoms with Crippen LogP contribution in [0.4, 0.5) is 5.69 Å². The van der Waals surface area contributed by atoms with Crippen molar-refractivity contribution in [3.05, 3.63) is 34.4 Å². The normalized spacial score (nSPS) is 21.5. The van der Waals surface area contributed by atoms with E-state index in [-0.39, 0.29) is 25.3 Å². The van der Waals surface area contributed by atoms with Crippen LogP contribution in [0.5, 0.6) is 0 Å². The molecule has 0 aliphatic carbocycles. The highest BCUT2D eigenvalue weighted by molar-refractivity contribution is 7.90. The minimum Gasteiger partial charge on any atom is -0.481 e. The fraction of sp³-hybridized carbons (Fsp3) is 0.562. The Labute approximate surface area is 178 Å². The average Bonchev–Trinajstić information content (AvgIpc) is 2.66. The molecule has 1 aromatic carbocycles. The van der Waals surface area contributed by atoms with Gasteiger partial charge in [0.1, 0.15) is 9.84 Å². The van der Waals surface area contributed by atoms with Gasteiger partial charge in [0.25, 0.3) is 5.69 Å². The quantitative estimate of drug-likeness (QED) is 0.210. The van der Waals surface area contributed by atoms with Gasteiger partial charge in [-0.1, -0.05) is 12.1 Å². The summed E-state index contributed by atoms with van der Waals surface area (Å²) in [5, 5.41) is 33.1. The number of aliphatic hydroxyl groups is 1. The minimum absolute atomic E-state index is 0.0384. The molecular weight excluding hydrogens is 458 g/mol. The summed E-state index contributed by atoms with van der Waals surface area (Å²) < 4.78 is 53.8. The predicted octanol–water partition coefficient (Wildman–Crippen LogP) is -1.01. The Morgan fingerprint density at radius 2 is 2.00 bits per heavy atom. The first-order valence-corrected chi connectivity index (χ1v) is 12.5. The fourth-order valence-electron chi connectivity index (χ4n) is 3.10. The summed E-state index contributed by atoms with van der Waals surface area (Å²) >= 11 is 0. The number of nitrogens with zero attached hydrogens (tertiary/aromatic N) is 2. The number of sulfonamides is 1. The second-order valence-corrected chi connectivity index (χ2v) is 11.1. The second kappa shape index (κ2) is 9.97. The van der Waals surface area contributed by atoms with Gasteiger partial charge >= 0.3 is 5.97 Å². The zero-order chi connectivity index (χ0) is 23.4. The summed E-state index contributed by atoms with van der Waals surface area (Å²) in [6.07, 6.45) is -0.709. The molecule has 0 saturated carbocycles. The number of ether oxygens (including phenoxy) is 1. The van der Waals surface area contributed by atoms with Crippen molar-refractivity contribution in [1.29, 1.82) is 0 Å². The lowest BCUT2D eigenvalue weighted by atomic mass is 9.93. The molecule has 0 aromatic heterocycles. The predicted molar refractivity (Wildman–Crippen MR) is 106 cm³/mol. The van der Waals surface area contributed by atoms with Gasteiger partial charge in [-0.3, -0.25) is 20.2 Å². The molecule has 0 spiro atoms. The van der Waals surface area contributed by atoms with E-state index in [0.717, 1.165) is 22.7 Å². The topological polar surface area (TPSA) is 193 Å². The lowest BCUT2D eigenvalue weighted by Gasteiger charge is -2.36. The van der Waals surface area contributed by atoms with Gasteiger partial charge in [-0.2, -0.15) is 4.31 Å². The Kier molecular flexibility index (Phi) is 8.07. The number of carboxylic acid groups (broad SMARTS) is 1. The highest BCUT2D eigenvalue weighted by atomic mass is 32.2. The third-order valence-corrected chi connectivity index (χ3v) is 7.48. The molecule has 1 heterocycles. The number of hydrogen-bond donors (Lipinski definition) is 3. The molecule has 1 aliphatic heterocycles. The number of carboxylic acids is 1. The highest BCUT2D eigenvalue weighted by Crippen LogP contribution is 2.29. The molecule has 13 nitrogen and oxygen atoms in total. The van der Waals surface area contributed by atoms with Crippen molar-refractivity contribution in [2.45, 2.75) is 23.8 Å². The lowest BCUT2D eigenvalue weighted by Crippen LogP contribution is -2.56. The van der Waals surface area contributed by atoms with Crippen LogP contribution in [0.15, 0.2) is 29.2 Å². The van der Waals surface area contributed by atoms with E-state index >= 15 is 0 Å². The number of para-hydroxylation sites is 1. The Hall–Kier alpha value is -2.17. The maximum absolute atomic E-state index is 12.9. The first-order valence-electron chi connectivity index (χ1n) is 9.03. The number of nitrogens with one attached hydrogen (secondary N) is 1. The fourth-order valence-corrected chi connectivity index (χ4v) is 5.13. The van der Waals surface area contributed by atoms with Crippen molar-refractivity contribution in [2.24, 2.45) is 5.92 Å². The van der Waals surface area contributed by atoms with Crippen LogP contribution in [0.25, 0.3) is 0 Å². The van der Waals surface area contributed by atoms with Crippen LogP contribution in [0.1, 0.15) is 6.42 Å². The van der Waals surface area contributed by atoms with Crippen LogP contribution < -0.4 is 5.32 Å². The van der Waals surface area contributed by atoms with Gasteiger partial charge < -0.3 is 14.9 Å². The van der Waals surface area contributed by atoms with Crippen LogP contribution >= 0.6 is 0 Å². The van der Waals surface area contributed by atoms with Gasteiger partial charge in [0, 0.05) is 31.5 Å².